The number of halogens is 1. The molecule has 0 aromatic carbocycles. The molecule has 2 N–H and O–H groups in total. The molecule has 0 saturated carbocycles. The number of aromatic amines is 2. The van der Waals surface area contributed by atoms with Crippen LogP contribution in [0.3, 0.4) is 0 Å². The monoisotopic (exact) mass is 253 g/mol. The predicted octanol–water partition coefficient (Wildman–Crippen LogP) is 1.48. The number of nitrogens with one attached hydrogen (secondary N) is 2. The van der Waals surface area contributed by atoms with Gasteiger partial charge in [0.15, 0.2) is 0 Å². The van der Waals surface area contributed by atoms with Gasteiger partial charge in [-0.15, -0.1) is 11.3 Å². The Bertz CT molecular complexity index is 817. The Morgan fingerprint density at radius 2 is 2.06 bits per heavy atom. The van der Waals surface area contributed by atoms with Gasteiger partial charge in [0.25, 0.3) is 5.56 Å². The van der Waals surface area contributed by atoms with Gasteiger partial charge in [-0.2, -0.15) is 0 Å². The van der Waals surface area contributed by atoms with Gasteiger partial charge in [0, 0.05) is 11.6 Å². The number of hydrogen-bond acceptors (Lipinski definition) is 4. The van der Waals surface area contributed by atoms with E-state index in [1.54, 1.807) is 6.07 Å². The standard InChI is InChI=1S/C9H4ClN3O2S/c10-7-5-3(1-2-11-7)4-6(16-5)8(14)13-9(15)12-4/h1-2H,(H2,12,13,14,15). The predicted molar refractivity (Wildman–Crippen MR) is 63.4 cm³/mol. The van der Waals surface area contributed by atoms with E-state index >= 15 is 0 Å². The first-order chi connectivity index (χ1) is 7.66. The van der Waals surface area contributed by atoms with Crippen molar-refractivity contribution in [1.29, 1.82) is 0 Å². The zero-order valence-electron chi connectivity index (χ0n) is 7.70. The Labute approximate surface area is 96.7 Å². The van der Waals surface area contributed by atoms with Crippen LogP contribution in [0.4, 0.5) is 0 Å². The highest BCUT2D eigenvalue weighted by Crippen LogP contribution is 2.33. The van der Waals surface area contributed by atoms with Crippen molar-refractivity contribution in [3.05, 3.63) is 38.3 Å². The number of pyridine rings is 1. The second-order valence-electron chi connectivity index (χ2n) is 3.19. The summed E-state index contributed by atoms with van der Waals surface area (Å²) in [7, 11) is 0. The first-order valence-corrected chi connectivity index (χ1v) is 5.55. The molecule has 0 amide bonds. The minimum Gasteiger partial charge on any atom is -0.305 e. The lowest BCUT2D eigenvalue weighted by Gasteiger charge is -1.91. The molecule has 5 nitrogen and oxygen atoms in total. The fraction of sp³-hybridized carbons (Fsp3) is 0. The van der Waals surface area contributed by atoms with Crippen LogP contribution in [-0.2, 0) is 0 Å². The Balaban J connectivity index is 2.72. The molecule has 3 aromatic rings. The van der Waals surface area contributed by atoms with E-state index in [9.17, 15) is 9.59 Å². The SMILES string of the molecule is O=c1[nH]c(=O)c2sc3c(Cl)nccc3c2[nH]1. The van der Waals surface area contributed by atoms with Crippen LogP contribution in [0.2, 0.25) is 5.15 Å². The first-order valence-electron chi connectivity index (χ1n) is 4.36. The summed E-state index contributed by atoms with van der Waals surface area (Å²) in [6.07, 6.45) is 1.54. The molecule has 0 spiro atoms. The van der Waals surface area contributed by atoms with Gasteiger partial charge in [0.05, 0.1) is 10.2 Å². The molecule has 80 valence electrons. The van der Waals surface area contributed by atoms with Crippen LogP contribution < -0.4 is 11.2 Å². The first kappa shape index (κ1) is 9.56. The van der Waals surface area contributed by atoms with E-state index in [0.29, 0.717) is 20.1 Å². The van der Waals surface area contributed by atoms with Gasteiger partial charge in [-0.05, 0) is 6.07 Å². The molecule has 0 atom stereocenters. The third-order valence-electron chi connectivity index (χ3n) is 2.23. The summed E-state index contributed by atoms with van der Waals surface area (Å²) < 4.78 is 1.15. The average molecular weight is 254 g/mol. The molecule has 0 aliphatic heterocycles. The van der Waals surface area contributed by atoms with E-state index in [1.165, 1.54) is 17.5 Å². The van der Waals surface area contributed by atoms with Gasteiger partial charge < -0.3 is 4.98 Å². The highest BCUT2D eigenvalue weighted by atomic mass is 35.5. The number of thiophene rings is 1. The normalized spacial score (nSPS) is 11.3. The van der Waals surface area contributed by atoms with Crippen molar-refractivity contribution in [2.75, 3.05) is 0 Å². The highest BCUT2D eigenvalue weighted by molar-refractivity contribution is 7.26. The average Bonchev–Trinajstić information content (AvgIpc) is 2.59. The van der Waals surface area contributed by atoms with Crippen LogP contribution in [0.25, 0.3) is 20.3 Å². The van der Waals surface area contributed by atoms with Crippen molar-refractivity contribution >= 4 is 43.2 Å². The molecule has 0 aliphatic rings. The topological polar surface area (TPSA) is 78.6 Å². The number of rotatable bonds is 0. The van der Waals surface area contributed by atoms with Crippen molar-refractivity contribution in [3.8, 4) is 0 Å². The molecule has 3 rings (SSSR count). The number of nitrogens with zero attached hydrogens (tertiary/aromatic N) is 1. The van der Waals surface area contributed by atoms with E-state index in [0.717, 1.165) is 5.39 Å². The lowest BCUT2D eigenvalue weighted by atomic mass is 10.3. The Morgan fingerprint density at radius 1 is 1.25 bits per heavy atom. The lowest BCUT2D eigenvalue weighted by Crippen LogP contribution is -2.20. The van der Waals surface area contributed by atoms with Crippen molar-refractivity contribution in [3.63, 3.8) is 0 Å². The van der Waals surface area contributed by atoms with E-state index < -0.39 is 11.2 Å². The fourth-order valence-electron chi connectivity index (χ4n) is 1.58. The minimum atomic E-state index is -0.523. The minimum absolute atomic E-state index is 0.332. The van der Waals surface area contributed by atoms with Crippen LogP contribution >= 0.6 is 22.9 Å². The maximum absolute atomic E-state index is 11.6. The van der Waals surface area contributed by atoms with Gasteiger partial charge in [0.2, 0.25) is 0 Å². The van der Waals surface area contributed by atoms with Crippen molar-refractivity contribution in [2.24, 2.45) is 0 Å². The molecule has 3 heterocycles. The van der Waals surface area contributed by atoms with Gasteiger partial charge >= 0.3 is 5.69 Å². The van der Waals surface area contributed by atoms with Gasteiger partial charge in [-0.1, -0.05) is 11.6 Å². The molecule has 3 aromatic heterocycles. The van der Waals surface area contributed by atoms with Crippen molar-refractivity contribution in [2.45, 2.75) is 0 Å². The lowest BCUT2D eigenvalue weighted by molar-refractivity contribution is 1.09. The Hall–Kier alpha value is -1.66. The number of fused-ring (bicyclic) bond motifs is 3. The van der Waals surface area contributed by atoms with Gasteiger partial charge in [-0.3, -0.25) is 9.78 Å². The molecule has 0 radical (unpaired) electrons. The maximum atomic E-state index is 11.6. The Kier molecular flexibility index (Phi) is 1.89. The summed E-state index contributed by atoms with van der Waals surface area (Å²) in [6.45, 7) is 0. The van der Waals surface area contributed by atoms with Crippen LogP contribution in [0.15, 0.2) is 21.9 Å². The summed E-state index contributed by atoms with van der Waals surface area (Å²) in [6, 6.07) is 1.72. The summed E-state index contributed by atoms with van der Waals surface area (Å²) in [5.74, 6) is 0. The van der Waals surface area contributed by atoms with E-state index in [2.05, 4.69) is 15.0 Å². The highest BCUT2D eigenvalue weighted by Gasteiger charge is 2.11. The van der Waals surface area contributed by atoms with E-state index in [1.807, 2.05) is 0 Å². The number of aromatic nitrogens is 3. The van der Waals surface area contributed by atoms with E-state index in [4.69, 9.17) is 11.6 Å². The smallest absolute Gasteiger partial charge is 0.305 e. The second-order valence-corrected chi connectivity index (χ2v) is 4.57. The van der Waals surface area contributed by atoms with Crippen molar-refractivity contribution < 1.29 is 0 Å². The number of hydrogen-bond donors (Lipinski definition) is 2. The summed E-state index contributed by atoms with van der Waals surface area (Å²) in [4.78, 5) is 31.4. The zero-order valence-corrected chi connectivity index (χ0v) is 9.28. The fourth-order valence-corrected chi connectivity index (χ4v) is 2.88. The zero-order chi connectivity index (χ0) is 11.3. The molecule has 0 aliphatic carbocycles. The molecular formula is C9H4ClN3O2S. The quantitative estimate of drug-likeness (QED) is 0.596. The third-order valence-corrected chi connectivity index (χ3v) is 3.84. The summed E-state index contributed by atoms with van der Waals surface area (Å²) in [5, 5.41) is 1.07. The molecule has 7 heteroatoms. The van der Waals surface area contributed by atoms with Crippen molar-refractivity contribution in [1.82, 2.24) is 15.0 Å². The maximum Gasteiger partial charge on any atom is 0.326 e. The third kappa shape index (κ3) is 1.20. The molecule has 0 bridgehead atoms. The largest absolute Gasteiger partial charge is 0.326 e. The molecule has 0 unspecified atom stereocenters. The molecule has 0 saturated heterocycles. The van der Waals surface area contributed by atoms with Crippen LogP contribution in [0.1, 0.15) is 0 Å². The Morgan fingerprint density at radius 3 is 2.88 bits per heavy atom. The summed E-state index contributed by atoms with van der Waals surface area (Å²) in [5.41, 5.74) is -0.417. The van der Waals surface area contributed by atoms with E-state index in [-0.39, 0.29) is 0 Å². The number of H-pyrrole nitrogens is 2. The van der Waals surface area contributed by atoms with Crippen LogP contribution in [0.5, 0.6) is 0 Å². The summed E-state index contributed by atoms with van der Waals surface area (Å²) >= 11 is 7.13. The van der Waals surface area contributed by atoms with Crippen LogP contribution in [0, 0.1) is 0 Å². The second kappa shape index (κ2) is 3.16. The van der Waals surface area contributed by atoms with Gasteiger partial charge in [0.1, 0.15) is 9.85 Å². The molecule has 16 heavy (non-hydrogen) atoms. The van der Waals surface area contributed by atoms with Crippen LogP contribution in [-0.4, -0.2) is 15.0 Å². The molecular weight excluding hydrogens is 250 g/mol. The van der Waals surface area contributed by atoms with Gasteiger partial charge in [-0.25, -0.2) is 9.78 Å². The molecule has 0 fully saturated rings.